The Morgan fingerprint density at radius 1 is 0.906 bits per heavy atom. The maximum Gasteiger partial charge on any atom is 0.163 e. The normalized spacial score (nSPS) is 53.8. The molecule has 2 N–H and O–H groups in total. The number of rotatable bonds is 1. The van der Waals surface area contributed by atoms with Crippen LogP contribution in [-0.4, -0.2) is 39.3 Å². The van der Waals surface area contributed by atoms with Gasteiger partial charge < -0.3 is 19.7 Å². The van der Waals surface area contributed by atoms with E-state index in [1.54, 1.807) is 0 Å². The fourth-order valence-corrected chi connectivity index (χ4v) is 9.21. The van der Waals surface area contributed by atoms with Gasteiger partial charge in [-0.3, -0.25) is 4.98 Å². The smallest absolute Gasteiger partial charge is 0.163 e. The van der Waals surface area contributed by atoms with Crippen LogP contribution in [0.15, 0.2) is 24.4 Å². The highest BCUT2D eigenvalue weighted by molar-refractivity contribution is 5.25. The monoisotopic (exact) mass is 441 g/mol. The largest absolute Gasteiger partial charge is 0.393 e. The summed E-state index contributed by atoms with van der Waals surface area (Å²) in [6.07, 6.45) is 8.27. The molecule has 10 atom stereocenters. The molecule has 176 valence electrons. The Morgan fingerprint density at radius 2 is 1.66 bits per heavy atom. The van der Waals surface area contributed by atoms with Crippen molar-refractivity contribution in [3.63, 3.8) is 0 Å². The second-order valence-corrected chi connectivity index (χ2v) is 12.5. The Bertz CT molecular complexity index is 891. The van der Waals surface area contributed by atoms with Crippen molar-refractivity contribution in [3.05, 3.63) is 30.1 Å². The molecule has 0 aromatic carbocycles. The topological polar surface area (TPSA) is 71.8 Å². The van der Waals surface area contributed by atoms with Gasteiger partial charge in [0.1, 0.15) is 5.60 Å². The van der Waals surface area contributed by atoms with Crippen molar-refractivity contribution < 1.29 is 19.7 Å². The van der Waals surface area contributed by atoms with Crippen molar-refractivity contribution in [1.82, 2.24) is 4.98 Å². The standard InChI is InChI=1S/C27H39NO4/c1-24(2)31-22-19-15-16(29)8-11-25(19,3)17-9-12-26(4)18(21(17)23(22)32-24)10-13-27(26,30)20-7-5-6-14-28-20/h5-7,14,16-19,21-23,29-30H,8-13,15H2,1-4H3. The molecular formula is C27H39NO4. The molecule has 4 saturated carbocycles. The van der Waals surface area contributed by atoms with Crippen LogP contribution in [0.3, 0.4) is 0 Å². The third-order valence-electron chi connectivity index (χ3n) is 10.7. The minimum absolute atomic E-state index is 0.0251. The van der Waals surface area contributed by atoms with Crippen LogP contribution in [0.2, 0.25) is 0 Å². The zero-order valence-corrected chi connectivity index (χ0v) is 20.0. The van der Waals surface area contributed by atoms with Crippen LogP contribution >= 0.6 is 0 Å². The highest BCUT2D eigenvalue weighted by Gasteiger charge is 2.71. The summed E-state index contributed by atoms with van der Waals surface area (Å²) in [5, 5.41) is 22.7. The molecular weight excluding hydrogens is 402 g/mol. The Labute approximate surface area is 191 Å². The molecule has 0 radical (unpaired) electrons. The molecule has 1 aromatic rings. The molecule has 1 saturated heterocycles. The van der Waals surface area contributed by atoms with Crippen LogP contribution in [0, 0.1) is 34.5 Å². The summed E-state index contributed by atoms with van der Waals surface area (Å²) in [7, 11) is 0. The summed E-state index contributed by atoms with van der Waals surface area (Å²) in [4.78, 5) is 4.62. The van der Waals surface area contributed by atoms with E-state index in [-0.39, 0.29) is 29.1 Å². The van der Waals surface area contributed by atoms with Gasteiger partial charge in [0.2, 0.25) is 0 Å². The molecule has 6 rings (SSSR count). The van der Waals surface area contributed by atoms with Gasteiger partial charge in [0, 0.05) is 11.6 Å². The van der Waals surface area contributed by atoms with Gasteiger partial charge in [-0.1, -0.05) is 19.9 Å². The lowest BCUT2D eigenvalue weighted by Gasteiger charge is -2.63. The average Bonchev–Trinajstić information content (AvgIpc) is 3.23. The predicted octanol–water partition coefficient (Wildman–Crippen LogP) is 4.41. The number of ether oxygens (including phenoxy) is 2. The van der Waals surface area contributed by atoms with Gasteiger partial charge in [0.15, 0.2) is 5.79 Å². The molecule has 5 heteroatoms. The lowest BCUT2D eigenvalue weighted by Crippen LogP contribution is -2.64. The van der Waals surface area contributed by atoms with Gasteiger partial charge in [-0.05, 0) is 100 Å². The van der Waals surface area contributed by atoms with Crippen LogP contribution in [0.25, 0.3) is 0 Å². The van der Waals surface area contributed by atoms with Crippen molar-refractivity contribution >= 4 is 0 Å². The number of nitrogens with zero attached hydrogens (tertiary/aromatic N) is 1. The Hall–Kier alpha value is -1.01. The third-order valence-corrected chi connectivity index (χ3v) is 10.7. The average molecular weight is 442 g/mol. The zero-order chi connectivity index (χ0) is 22.5. The van der Waals surface area contributed by atoms with Crippen LogP contribution in [0.4, 0.5) is 0 Å². The quantitative estimate of drug-likeness (QED) is 0.675. The van der Waals surface area contributed by atoms with E-state index in [1.165, 1.54) is 0 Å². The number of aliphatic hydroxyl groups excluding tert-OH is 1. The minimum Gasteiger partial charge on any atom is -0.393 e. The van der Waals surface area contributed by atoms with E-state index in [4.69, 9.17) is 9.47 Å². The molecule has 0 spiro atoms. The maximum atomic E-state index is 12.1. The Morgan fingerprint density at radius 3 is 2.41 bits per heavy atom. The molecule has 4 aliphatic carbocycles. The van der Waals surface area contributed by atoms with Crippen LogP contribution in [0.5, 0.6) is 0 Å². The summed E-state index contributed by atoms with van der Waals surface area (Å²) < 4.78 is 13.3. The van der Waals surface area contributed by atoms with Crippen molar-refractivity contribution in [2.24, 2.45) is 34.5 Å². The van der Waals surface area contributed by atoms with E-state index in [0.29, 0.717) is 23.7 Å². The van der Waals surface area contributed by atoms with Crippen LogP contribution in [-0.2, 0) is 15.1 Å². The molecule has 5 fully saturated rings. The van der Waals surface area contributed by atoms with Crippen molar-refractivity contribution in [3.8, 4) is 0 Å². The van der Waals surface area contributed by atoms with Gasteiger partial charge in [-0.25, -0.2) is 0 Å². The van der Waals surface area contributed by atoms with E-state index >= 15 is 0 Å². The van der Waals surface area contributed by atoms with E-state index in [1.807, 2.05) is 38.2 Å². The highest BCUT2D eigenvalue weighted by atomic mass is 16.8. The third kappa shape index (κ3) is 2.68. The number of hydrogen-bond acceptors (Lipinski definition) is 5. The second-order valence-electron chi connectivity index (χ2n) is 12.5. The predicted molar refractivity (Wildman–Crippen MR) is 120 cm³/mol. The van der Waals surface area contributed by atoms with Gasteiger partial charge in [-0.15, -0.1) is 0 Å². The zero-order valence-electron chi connectivity index (χ0n) is 20.0. The molecule has 1 aromatic heterocycles. The maximum absolute atomic E-state index is 12.1. The van der Waals surface area contributed by atoms with E-state index in [0.717, 1.165) is 50.6 Å². The van der Waals surface area contributed by atoms with Crippen molar-refractivity contribution in [2.45, 2.75) is 102 Å². The molecule has 1 aliphatic heterocycles. The fraction of sp³-hybridized carbons (Fsp3) is 0.815. The van der Waals surface area contributed by atoms with Gasteiger partial charge in [-0.2, -0.15) is 0 Å². The number of aromatic nitrogens is 1. The first kappa shape index (κ1) is 21.5. The van der Waals surface area contributed by atoms with Crippen molar-refractivity contribution in [2.75, 3.05) is 0 Å². The number of aliphatic hydroxyl groups is 2. The van der Waals surface area contributed by atoms with Crippen LogP contribution < -0.4 is 0 Å². The lowest BCUT2D eigenvalue weighted by atomic mass is 9.43. The summed E-state index contributed by atoms with van der Waals surface area (Å²) in [6, 6.07) is 5.92. The highest BCUT2D eigenvalue weighted by Crippen LogP contribution is 2.71. The van der Waals surface area contributed by atoms with Gasteiger partial charge >= 0.3 is 0 Å². The Kier molecular flexibility index (Phi) is 4.56. The Balaban J connectivity index is 1.43. The summed E-state index contributed by atoms with van der Waals surface area (Å²) in [5.41, 5.74) is -0.137. The first-order valence-corrected chi connectivity index (χ1v) is 12.8. The molecule has 2 heterocycles. The van der Waals surface area contributed by atoms with E-state index < -0.39 is 11.4 Å². The molecule has 5 aliphatic rings. The molecule has 10 unspecified atom stereocenters. The fourth-order valence-electron chi connectivity index (χ4n) is 9.21. The van der Waals surface area contributed by atoms with E-state index in [2.05, 4.69) is 18.8 Å². The number of fused-ring (bicyclic) bond motifs is 8. The first-order valence-electron chi connectivity index (χ1n) is 12.8. The van der Waals surface area contributed by atoms with Gasteiger partial charge in [0.05, 0.1) is 24.0 Å². The van der Waals surface area contributed by atoms with Gasteiger partial charge in [0.25, 0.3) is 0 Å². The molecule has 0 bridgehead atoms. The number of hydrogen-bond donors (Lipinski definition) is 2. The molecule has 32 heavy (non-hydrogen) atoms. The number of pyridine rings is 1. The second kappa shape index (κ2) is 6.78. The lowest BCUT2D eigenvalue weighted by molar-refractivity contribution is -0.206. The SMILES string of the molecule is CC1(C)OC2C(O1)C1CC(O)CCC1(C)C1CCC3(C)C(CCC3(O)c3ccccn3)C21. The summed E-state index contributed by atoms with van der Waals surface area (Å²) in [5.74, 6) is 1.03. The minimum atomic E-state index is -0.894. The van der Waals surface area contributed by atoms with Crippen molar-refractivity contribution in [1.29, 1.82) is 0 Å². The first-order chi connectivity index (χ1) is 15.1. The summed E-state index contributed by atoms with van der Waals surface area (Å²) >= 11 is 0. The van der Waals surface area contributed by atoms with Crippen LogP contribution in [0.1, 0.15) is 78.3 Å². The molecule has 5 nitrogen and oxygen atoms in total. The van der Waals surface area contributed by atoms with E-state index in [9.17, 15) is 10.2 Å². The molecule has 0 amide bonds. The summed E-state index contributed by atoms with van der Waals surface area (Å²) in [6.45, 7) is 8.86.